The van der Waals surface area contributed by atoms with E-state index in [9.17, 15) is 4.79 Å². The fourth-order valence-corrected chi connectivity index (χ4v) is 2.63. The maximum atomic E-state index is 12.4. The van der Waals surface area contributed by atoms with Crippen LogP contribution in [0.3, 0.4) is 0 Å². The standard InChI is InChI=1S/C18H38N2O/c1-5-8-10-12-14-20(15-13-11-9-6-2)18(21)16-17(4)19-7-3/h17,19H,5-16H2,1-4H3. The quantitative estimate of drug-likeness (QED) is 0.483. The van der Waals surface area contributed by atoms with E-state index in [1.807, 2.05) is 0 Å². The first-order valence-electron chi connectivity index (χ1n) is 9.16. The number of nitrogens with zero attached hydrogens (tertiary/aromatic N) is 1. The molecule has 0 saturated carbocycles. The Morgan fingerprint density at radius 3 is 1.86 bits per heavy atom. The first-order valence-corrected chi connectivity index (χ1v) is 9.16. The summed E-state index contributed by atoms with van der Waals surface area (Å²) in [7, 11) is 0. The summed E-state index contributed by atoms with van der Waals surface area (Å²) >= 11 is 0. The fourth-order valence-electron chi connectivity index (χ4n) is 2.63. The van der Waals surface area contributed by atoms with Crippen LogP contribution in [-0.4, -0.2) is 36.5 Å². The molecule has 0 bridgehead atoms. The van der Waals surface area contributed by atoms with E-state index in [4.69, 9.17) is 0 Å². The van der Waals surface area contributed by atoms with E-state index >= 15 is 0 Å². The van der Waals surface area contributed by atoms with Gasteiger partial charge in [-0.2, -0.15) is 0 Å². The van der Waals surface area contributed by atoms with E-state index in [1.165, 1.54) is 38.5 Å². The molecule has 1 atom stereocenters. The van der Waals surface area contributed by atoms with Gasteiger partial charge in [0.1, 0.15) is 0 Å². The number of carbonyl (C=O) groups excluding carboxylic acids is 1. The lowest BCUT2D eigenvalue weighted by Gasteiger charge is -2.24. The third-order valence-electron chi connectivity index (χ3n) is 3.95. The number of rotatable bonds is 14. The maximum Gasteiger partial charge on any atom is 0.224 e. The number of carbonyl (C=O) groups is 1. The van der Waals surface area contributed by atoms with Gasteiger partial charge in [-0.1, -0.05) is 59.3 Å². The van der Waals surface area contributed by atoms with Gasteiger partial charge < -0.3 is 10.2 Å². The van der Waals surface area contributed by atoms with Crippen molar-refractivity contribution in [2.24, 2.45) is 0 Å². The second-order valence-electron chi connectivity index (χ2n) is 6.16. The molecule has 1 unspecified atom stereocenters. The summed E-state index contributed by atoms with van der Waals surface area (Å²) in [5, 5.41) is 3.34. The molecule has 0 aliphatic heterocycles. The van der Waals surface area contributed by atoms with Crippen LogP contribution in [0.15, 0.2) is 0 Å². The highest BCUT2D eigenvalue weighted by Crippen LogP contribution is 2.08. The van der Waals surface area contributed by atoms with E-state index in [0.717, 1.165) is 32.5 Å². The number of hydrogen-bond donors (Lipinski definition) is 1. The first-order chi connectivity index (χ1) is 10.2. The van der Waals surface area contributed by atoms with Crippen molar-refractivity contribution in [3.63, 3.8) is 0 Å². The number of amides is 1. The monoisotopic (exact) mass is 298 g/mol. The van der Waals surface area contributed by atoms with Crippen LogP contribution in [0.2, 0.25) is 0 Å². The highest BCUT2D eigenvalue weighted by molar-refractivity contribution is 5.76. The van der Waals surface area contributed by atoms with Crippen molar-refractivity contribution in [1.29, 1.82) is 0 Å². The lowest BCUT2D eigenvalue weighted by atomic mass is 10.1. The Morgan fingerprint density at radius 1 is 0.905 bits per heavy atom. The van der Waals surface area contributed by atoms with Crippen LogP contribution in [0.1, 0.15) is 85.5 Å². The summed E-state index contributed by atoms with van der Waals surface area (Å²) in [6, 6.07) is 0.288. The molecule has 0 heterocycles. The Hall–Kier alpha value is -0.570. The van der Waals surface area contributed by atoms with Crippen LogP contribution in [0, 0.1) is 0 Å². The molecule has 0 aromatic heterocycles. The normalized spacial score (nSPS) is 12.4. The van der Waals surface area contributed by atoms with E-state index < -0.39 is 0 Å². The molecule has 1 N–H and O–H groups in total. The number of hydrogen-bond acceptors (Lipinski definition) is 2. The van der Waals surface area contributed by atoms with Crippen molar-refractivity contribution < 1.29 is 4.79 Å². The molecule has 3 heteroatoms. The molecule has 3 nitrogen and oxygen atoms in total. The largest absolute Gasteiger partial charge is 0.343 e. The van der Waals surface area contributed by atoms with E-state index in [1.54, 1.807) is 0 Å². The van der Waals surface area contributed by atoms with Gasteiger partial charge in [-0.05, 0) is 26.3 Å². The molecular formula is C18H38N2O. The van der Waals surface area contributed by atoms with Crippen molar-refractivity contribution in [1.82, 2.24) is 10.2 Å². The van der Waals surface area contributed by atoms with E-state index in [-0.39, 0.29) is 6.04 Å². The van der Waals surface area contributed by atoms with Gasteiger partial charge in [0.2, 0.25) is 5.91 Å². The molecule has 1 amide bonds. The number of nitrogens with one attached hydrogen (secondary N) is 1. The zero-order valence-electron chi connectivity index (χ0n) is 14.9. The Balaban J connectivity index is 4.16. The average molecular weight is 299 g/mol. The van der Waals surface area contributed by atoms with Crippen molar-refractivity contribution >= 4 is 5.91 Å². The molecule has 0 radical (unpaired) electrons. The molecule has 0 spiro atoms. The number of unbranched alkanes of at least 4 members (excludes halogenated alkanes) is 6. The minimum Gasteiger partial charge on any atom is -0.343 e. The third kappa shape index (κ3) is 11.7. The molecule has 0 saturated heterocycles. The minimum absolute atomic E-state index is 0.288. The molecule has 0 fully saturated rings. The van der Waals surface area contributed by atoms with Crippen molar-refractivity contribution in [3.05, 3.63) is 0 Å². The summed E-state index contributed by atoms with van der Waals surface area (Å²) < 4.78 is 0. The van der Waals surface area contributed by atoms with Gasteiger partial charge in [0.15, 0.2) is 0 Å². The summed E-state index contributed by atoms with van der Waals surface area (Å²) in [5.41, 5.74) is 0. The lowest BCUT2D eigenvalue weighted by molar-refractivity contribution is -0.131. The molecular weight excluding hydrogens is 260 g/mol. The van der Waals surface area contributed by atoms with Crippen LogP contribution >= 0.6 is 0 Å². The van der Waals surface area contributed by atoms with Gasteiger partial charge in [-0.3, -0.25) is 4.79 Å². The smallest absolute Gasteiger partial charge is 0.224 e. The lowest BCUT2D eigenvalue weighted by Crippen LogP contribution is -2.38. The summed E-state index contributed by atoms with van der Waals surface area (Å²) in [4.78, 5) is 14.6. The molecule has 0 aromatic rings. The first kappa shape index (κ1) is 20.4. The van der Waals surface area contributed by atoms with Gasteiger partial charge >= 0.3 is 0 Å². The molecule has 126 valence electrons. The van der Waals surface area contributed by atoms with Crippen LogP contribution < -0.4 is 5.32 Å². The van der Waals surface area contributed by atoms with Crippen molar-refractivity contribution in [2.75, 3.05) is 19.6 Å². The summed E-state index contributed by atoms with van der Waals surface area (Å²) in [6.07, 6.45) is 10.5. The topological polar surface area (TPSA) is 32.3 Å². The van der Waals surface area contributed by atoms with Crippen molar-refractivity contribution in [3.8, 4) is 0 Å². The summed E-state index contributed by atoms with van der Waals surface area (Å²) in [5.74, 6) is 0.330. The van der Waals surface area contributed by atoms with Crippen LogP contribution in [0.5, 0.6) is 0 Å². The highest BCUT2D eigenvalue weighted by Gasteiger charge is 2.15. The van der Waals surface area contributed by atoms with E-state index in [0.29, 0.717) is 12.3 Å². The average Bonchev–Trinajstić information content (AvgIpc) is 2.45. The molecule has 0 aliphatic carbocycles. The van der Waals surface area contributed by atoms with Gasteiger partial charge in [0.05, 0.1) is 0 Å². The summed E-state index contributed by atoms with van der Waals surface area (Å²) in [6.45, 7) is 11.5. The minimum atomic E-state index is 0.288. The SMILES string of the molecule is CCCCCCN(CCCCCC)C(=O)CC(C)NCC. The Bertz CT molecular complexity index is 231. The molecule has 0 aliphatic rings. The Labute approximate surface area is 132 Å². The third-order valence-corrected chi connectivity index (χ3v) is 3.95. The fraction of sp³-hybridized carbons (Fsp3) is 0.944. The van der Waals surface area contributed by atoms with Gasteiger partial charge in [0.25, 0.3) is 0 Å². The van der Waals surface area contributed by atoms with Gasteiger partial charge in [0, 0.05) is 25.6 Å². The maximum absolute atomic E-state index is 12.4. The predicted molar refractivity (Wildman–Crippen MR) is 92.6 cm³/mol. The molecule has 0 aromatic carbocycles. The Kier molecular flexibility index (Phi) is 14.0. The van der Waals surface area contributed by atoms with Crippen molar-refractivity contribution in [2.45, 2.75) is 91.5 Å². The second-order valence-corrected chi connectivity index (χ2v) is 6.16. The highest BCUT2D eigenvalue weighted by atomic mass is 16.2. The van der Waals surface area contributed by atoms with Crippen LogP contribution in [0.4, 0.5) is 0 Å². The van der Waals surface area contributed by atoms with Gasteiger partial charge in [-0.25, -0.2) is 0 Å². The van der Waals surface area contributed by atoms with E-state index in [2.05, 4.69) is 37.9 Å². The second kappa shape index (κ2) is 14.4. The predicted octanol–water partition coefficient (Wildman–Crippen LogP) is 4.36. The zero-order chi connectivity index (χ0) is 15.9. The zero-order valence-corrected chi connectivity index (χ0v) is 14.9. The van der Waals surface area contributed by atoms with Crippen LogP contribution in [-0.2, 0) is 4.79 Å². The van der Waals surface area contributed by atoms with Crippen LogP contribution in [0.25, 0.3) is 0 Å². The molecule has 21 heavy (non-hydrogen) atoms. The molecule has 0 rings (SSSR count). The Morgan fingerprint density at radius 2 is 1.43 bits per heavy atom. The van der Waals surface area contributed by atoms with Gasteiger partial charge in [-0.15, -0.1) is 0 Å².